The van der Waals surface area contributed by atoms with Gasteiger partial charge in [-0.2, -0.15) is 0 Å². The summed E-state index contributed by atoms with van der Waals surface area (Å²) in [6.45, 7) is 26.9. The first-order valence-electron chi connectivity index (χ1n) is 21.4. The fraction of sp³-hybridized carbons (Fsp3) is 0.889. The molecule has 1 amide bonds. The molecule has 7 fully saturated rings. The summed E-state index contributed by atoms with van der Waals surface area (Å²) in [6.07, 6.45) is 15.6. The second-order valence-corrected chi connectivity index (χ2v) is 21.5. The molecule has 7 heteroatoms. The van der Waals surface area contributed by atoms with E-state index in [-0.39, 0.29) is 45.6 Å². The van der Waals surface area contributed by atoms with E-state index in [2.05, 4.69) is 57.9 Å². The molecule has 7 rings (SSSR count). The number of carboxylic acids is 1. The third-order valence-corrected chi connectivity index (χ3v) is 18.3. The zero-order valence-corrected chi connectivity index (χ0v) is 34.2. The number of amides is 1. The highest BCUT2D eigenvalue weighted by Gasteiger charge is 2.71. The topological polar surface area (TPSA) is 87.2 Å². The van der Waals surface area contributed by atoms with Gasteiger partial charge in [0.05, 0.1) is 11.8 Å². The molecule has 11 atom stereocenters. The van der Waals surface area contributed by atoms with Crippen LogP contribution in [-0.4, -0.2) is 71.1 Å². The van der Waals surface area contributed by atoms with Crippen molar-refractivity contribution >= 4 is 17.8 Å². The molecule has 0 radical (unpaired) electrons. The molecule has 2 saturated heterocycles. The number of fused-ring (bicyclic) bond motifs is 7. The van der Waals surface area contributed by atoms with Crippen LogP contribution in [0.3, 0.4) is 0 Å². The number of rotatable bonds is 8. The molecular formula is C45H72N2O5. The van der Waals surface area contributed by atoms with Crippen molar-refractivity contribution in [3.05, 3.63) is 12.2 Å². The molecule has 7 aliphatic rings. The lowest BCUT2D eigenvalue weighted by atomic mass is 9.32. The molecule has 292 valence electrons. The second kappa shape index (κ2) is 13.1. The fourth-order valence-corrected chi connectivity index (χ4v) is 15.2. The van der Waals surface area contributed by atoms with Gasteiger partial charge in [0, 0.05) is 31.0 Å². The normalized spacial score (nSPS) is 44.3. The first kappa shape index (κ1) is 38.4. The van der Waals surface area contributed by atoms with Crippen LogP contribution in [0.1, 0.15) is 152 Å². The number of carboxylic acid groups (broad SMARTS) is 1. The summed E-state index contributed by atoms with van der Waals surface area (Å²) in [5.41, 5.74) is 0.693. The molecule has 5 saturated carbocycles. The van der Waals surface area contributed by atoms with Crippen molar-refractivity contribution in [1.82, 2.24) is 9.80 Å². The second-order valence-electron chi connectivity index (χ2n) is 21.5. The number of aliphatic carboxylic acids is 1. The zero-order chi connectivity index (χ0) is 37.6. The minimum absolute atomic E-state index is 0.0973. The Morgan fingerprint density at radius 3 is 2.21 bits per heavy atom. The van der Waals surface area contributed by atoms with Crippen molar-refractivity contribution in [2.24, 2.45) is 62.1 Å². The maximum atomic E-state index is 14.3. The number of nitrogens with zero attached hydrogens (tertiary/aromatic N) is 2. The van der Waals surface area contributed by atoms with E-state index >= 15 is 0 Å². The van der Waals surface area contributed by atoms with Crippen LogP contribution < -0.4 is 0 Å². The average Bonchev–Trinajstić information content (AvgIpc) is 3.83. The maximum Gasteiger partial charge on any atom is 0.309 e. The van der Waals surface area contributed by atoms with Gasteiger partial charge in [-0.25, -0.2) is 0 Å². The smallest absolute Gasteiger partial charge is 0.309 e. The van der Waals surface area contributed by atoms with Crippen LogP contribution in [0.5, 0.6) is 0 Å². The van der Waals surface area contributed by atoms with Crippen LogP contribution in [0.15, 0.2) is 12.2 Å². The highest BCUT2D eigenvalue weighted by molar-refractivity contribution is 5.81. The summed E-state index contributed by atoms with van der Waals surface area (Å²) in [4.78, 5) is 44.1. The van der Waals surface area contributed by atoms with Crippen LogP contribution in [0, 0.1) is 62.1 Å². The first-order valence-corrected chi connectivity index (χ1v) is 21.4. The third kappa shape index (κ3) is 5.85. The van der Waals surface area contributed by atoms with E-state index in [1.165, 1.54) is 76.5 Å². The number of carbonyl (C=O) groups excluding carboxylic acids is 2. The van der Waals surface area contributed by atoms with Crippen molar-refractivity contribution in [3.63, 3.8) is 0 Å². The number of carbonyl (C=O) groups is 3. The van der Waals surface area contributed by atoms with Crippen LogP contribution >= 0.6 is 0 Å². The lowest BCUT2D eigenvalue weighted by molar-refractivity contribution is -0.250. The highest BCUT2D eigenvalue weighted by Crippen LogP contribution is 2.78. The first-order chi connectivity index (χ1) is 24.3. The molecule has 52 heavy (non-hydrogen) atoms. The minimum Gasteiger partial charge on any atom is -0.481 e. The molecule has 0 unspecified atom stereocenters. The Labute approximate surface area is 315 Å². The quantitative estimate of drug-likeness (QED) is 0.199. The molecule has 0 spiro atoms. The number of hydrogen-bond acceptors (Lipinski definition) is 5. The van der Waals surface area contributed by atoms with E-state index in [1.807, 2.05) is 0 Å². The number of esters is 1. The van der Waals surface area contributed by atoms with Crippen molar-refractivity contribution in [1.29, 1.82) is 0 Å². The van der Waals surface area contributed by atoms with E-state index in [1.54, 1.807) is 13.8 Å². The van der Waals surface area contributed by atoms with Gasteiger partial charge < -0.3 is 14.7 Å². The third-order valence-electron chi connectivity index (χ3n) is 18.3. The molecular weight excluding hydrogens is 649 g/mol. The highest BCUT2D eigenvalue weighted by atomic mass is 16.5. The summed E-state index contributed by atoms with van der Waals surface area (Å²) in [5, 5.41) is 9.63. The lowest BCUT2D eigenvalue weighted by Gasteiger charge is -2.73. The predicted molar refractivity (Wildman–Crippen MR) is 205 cm³/mol. The molecule has 5 aliphatic carbocycles. The van der Waals surface area contributed by atoms with E-state index in [4.69, 9.17) is 4.74 Å². The Morgan fingerprint density at radius 1 is 0.827 bits per heavy atom. The van der Waals surface area contributed by atoms with Crippen molar-refractivity contribution in [2.75, 3.05) is 26.2 Å². The summed E-state index contributed by atoms with van der Waals surface area (Å²) in [5.74, 6) is 1.78. The molecule has 1 N–H and O–H groups in total. The summed E-state index contributed by atoms with van der Waals surface area (Å²) >= 11 is 0. The van der Waals surface area contributed by atoms with Crippen molar-refractivity contribution < 1.29 is 24.2 Å². The van der Waals surface area contributed by atoms with Gasteiger partial charge in [-0.3, -0.25) is 19.3 Å². The van der Waals surface area contributed by atoms with E-state index in [9.17, 15) is 19.5 Å². The van der Waals surface area contributed by atoms with Gasteiger partial charge in [-0.05, 0) is 169 Å². The predicted octanol–water partition coefficient (Wildman–Crippen LogP) is 9.14. The van der Waals surface area contributed by atoms with Crippen LogP contribution in [0.4, 0.5) is 0 Å². The van der Waals surface area contributed by atoms with Gasteiger partial charge in [0.25, 0.3) is 0 Å². The Kier molecular flexibility index (Phi) is 9.68. The summed E-state index contributed by atoms with van der Waals surface area (Å²) < 4.78 is 6.20. The van der Waals surface area contributed by atoms with Gasteiger partial charge in [0.2, 0.25) is 5.91 Å². The summed E-state index contributed by atoms with van der Waals surface area (Å²) in [7, 11) is 0. The number of allylic oxidation sites excluding steroid dienone is 1. The van der Waals surface area contributed by atoms with Crippen LogP contribution in [0.25, 0.3) is 0 Å². The maximum absolute atomic E-state index is 14.3. The molecule has 2 heterocycles. The van der Waals surface area contributed by atoms with E-state index in [0.717, 1.165) is 45.2 Å². The van der Waals surface area contributed by atoms with E-state index in [0.29, 0.717) is 41.5 Å². The molecule has 2 aliphatic heterocycles. The average molecular weight is 721 g/mol. The minimum atomic E-state index is -1.14. The van der Waals surface area contributed by atoms with Crippen LogP contribution in [-0.2, 0) is 19.1 Å². The zero-order valence-electron chi connectivity index (χ0n) is 34.2. The van der Waals surface area contributed by atoms with E-state index < -0.39 is 11.4 Å². The SMILES string of the molecule is C=C(C)[C@@H]1CC[C@]2(CC(=O)N3CC[C@@H](N4CCCC4)C3)CC[C@]3(C)[C@H](CC[C@@H]4[C@@]5(C)CC[C@H](OC(=O)CC(C)(C)C(=O)O)C(C)(C)[C@@H]5CC[C@]43C)[C@@H]12. The molecule has 7 nitrogen and oxygen atoms in total. The van der Waals surface area contributed by atoms with Gasteiger partial charge in [-0.15, -0.1) is 0 Å². The van der Waals surface area contributed by atoms with Gasteiger partial charge in [0.15, 0.2) is 0 Å². The standard InChI is InChI=1S/C45H72N2O5/c1-29(2)31-14-20-45(26-36(48)47-25-17-30(28-47)46-23-10-11-24-46)22-21-43(8)32(38(31)45)12-13-34-42(7)18-16-35(52-37(49)27-40(3,4)39(50)51)41(5,6)33(42)15-19-44(34,43)9/h30-35,38H,1,10-28H2,2-9H3,(H,50,51)/t30-,31+,32-,33+,34-,35+,38-,42+,43-,44-,45-/m1/s1. The Bertz CT molecular complexity index is 1450. The van der Waals surface area contributed by atoms with Gasteiger partial charge >= 0.3 is 11.9 Å². The number of hydrogen-bond donors (Lipinski definition) is 1. The van der Waals surface area contributed by atoms with Crippen molar-refractivity contribution in [3.8, 4) is 0 Å². The molecule has 0 aromatic heterocycles. The van der Waals surface area contributed by atoms with Gasteiger partial charge in [-0.1, -0.05) is 46.8 Å². The number of likely N-dealkylation sites (tertiary alicyclic amines) is 2. The van der Waals surface area contributed by atoms with Gasteiger partial charge in [0.1, 0.15) is 6.10 Å². The molecule has 0 aromatic carbocycles. The Morgan fingerprint density at radius 2 is 1.54 bits per heavy atom. The summed E-state index contributed by atoms with van der Waals surface area (Å²) in [6, 6.07) is 0.559. The Hall–Kier alpha value is -1.89. The monoisotopic (exact) mass is 721 g/mol. The van der Waals surface area contributed by atoms with Crippen molar-refractivity contribution in [2.45, 2.75) is 164 Å². The molecule has 0 aromatic rings. The lowest BCUT2D eigenvalue weighted by Crippen LogP contribution is -2.67. The number of ether oxygens (including phenoxy) is 1. The fourth-order valence-electron chi connectivity index (χ4n) is 15.2. The molecule has 0 bridgehead atoms. The van der Waals surface area contributed by atoms with Crippen LogP contribution in [0.2, 0.25) is 0 Å². The Balaban J connectivity index is 1.10. The largest absolute Gasteiger partial charge is 0.481 e.